The number of aliphatic carboxylic acids is 1. The lowest BCUT2D eigenvalue weighted by Gasteiger charge is -2.07. The second-order valence-electron chi connectivity index (χ2n) is 3.83. The van der Waals surface area contributed by atoms with E-state index in [0.29, 0.717) is 15.9 Å². The second kappa shape index (κ2) is 4.79. The minimum Gasteiger partial charge on any atom is -0.481 e. The topological polar surface area (TPSA) is 80.4 Å². The quantitative estimate of drug-likeness (QED) is 0.878. The molecule has 6 nitrogen and oxygen atoms in total. The van der Waals surface area contributed by atoms with Crippen LogP contribution in [0.25, 0.3) is 4.96 Å². The SMILES string of the molecule is CCC(CC)c1nnc2sc(CC(=O)O)nn12. The number of carboxylic acid groups (broad SMARTS) is 1. The Morgan fingerprint density at radius 3 is 2.71 bits per heavy atom. The molecular formula is C10H14N4O2S. The van der Waals surface area contributed by atoms with Gasteiger partial charge in [0.25, 0.3) is 0 Å². The van der Waals surface area contributed by atoms with Crippen LogP contribution in [-0.2, 0) is 11.2 Å². The van der Waals surface area contributed by atoms with Crippen molar-refractivity contribution in [1.29, 1.82) is 0 Å². The Hall–Kier alpha value is -1.50. The van der Waals surface area contributed by atoms with Gasteiger partial charge in [-0.3, -0.25) is 4.79 Å². The largest absolute Gasteiger partial charge is 0.481 e. The predicted molar refractivity (Wildman–Crippen MR) is 63.3 cm³/mol. The summed E-state index contributed by atoms with van der Waals surface area (Å²) in [6.07, 6.45) is 1.89. The molecule has 0 atom stereocenters. The monoisotopic (exact) mass is 254 g/mol. The maximum absolute atomic E-state index is 10.6. The molecule has 0 amide bonds. The number of rotatable bonds is 5. The highest BCUT2D eigenvalue weighted by Gasteiger charge is 2.18. The molecule has 2 rings (SSSR count). The average molecular weight is 254 g/mol. The summed E-state index contributed by atoms with van der Waals surface area (Å²) in [5.41, 5.74) is 0. The summed E-state index contributed by atoms with van der Waals surface area (Å²) in [6, 6.07) is 0. The Labute approximate surface area is 102 Å². The third-order valence-corrected chi connectivity index (χ3v) is 3.61. The first-order valence-corrected chi connectivity index (χ1v) is 6.40. The maximum Gasteiger partial charge on any atom is 0.310 e. The summed E-state index contributed by atoms with van der Waals surface area (Å²) >= 11 is 1.28. The highest BCUT2D eigenvalue weighted by atomic mass is 32.1. The molecule has 0 aliphatic rings. The molecule has 0 saturated heterocycles. The van der Waals surface area contributed by atoms with Crippen LogP contribution in [0.1, 0.15) is 43.4 Å². The molecule has 17 heavy (non-hydrogen) atoms. The summed E-state index contributed by atoms with van der Waals surface area (Å²) in [4.78, 5) is 11.3. The molecule has 1 N–H and O–H groups in total. The van der Waals surface area contributed by atoms with Crippen molar-refractivity contribution in [3.63, 3.8) is 0 Å². The van der Waals surface area contributed by atoms with E-state index < -0.39 is 5.97 Å². The molecule has 0 fully saturated rings. The first-order valence-electron chi connectivity index (χ1n) is 5.58. The van der Waals surface area contributed by atoms with Crippen molar-refractivity contribution in [3.8, 4) is 0 Å². The number of hydrogen-bond acceptors (Lipinski definition) is 5. The van der Waals surface area contributed by atoms with E-state index >= 15 is 0 Å². The van der Waals surface area contributed by atoms with Crippen molar-refractivity contribution >= 4 is 22.3 Å². The van der Waals surface area contributed by atoms with E-state index in [1.165, 1.54) is 11.3 Å². The summed E-state index contributed by atoms with van der Waals surface area (Å²) in [5, 5.41) is 21.7. The Morgan fingerprint density at radius 1 is 1.41 bits per heavy atom. The van der Waals surface area contributed by atoms with Crippen LogP contribution < -0.4 is 0 Å². The van der Waals surface area contributed by atoms with E-state index in [9.17, 15) is 4.79 Å². The minimum absolute atomic E-state index is 0.0591. The highest BCUT2D eigenvalue weighted by Crippen LogP contribution is 2.23. The zero-order valence-electron chi connectivity index (χ0n) is 9.75. The van der Waals surface area contributed by atoms with Crippen molar-refractivity contribution in [1.82, 2.24) is 19.8 Å². The first-order chi connectivity index (χ1) is 8.15. The van der Waals surface area contributed by atoms with Crippen LogP contribution in [0.2, 0.25) is 0 Å². The molecule has 0 aliphatic heterocycles. The van der Waals surface area contributed by atoms with Crippen LogP contribution in [0.5, 0.6) is 0 Å². The van der Waals surface area contributed by atoms with Gasteiger partial charge >= 0.3 is 5.97 Å². The third-order valence-electron chi connectivity index (χ3n) is 2.71. The van der Waals surface area contributed by atoms with Gasteiger partial charge in [-0.1, -0.05) is 25.2 Å². The molecular weight excluding hydrogens is 240 g/mol. The number of fused-ring (bicyclic) bond motifs is 1. The van der Waals surface area contributed by atoms with Crippen molar-refractivity contribution in [2.45, 2.75) is 39.0 Å². The Morgan fingerprint density at radius 2 is 2.12 bits per heavy atom. The summed E-state index contributed by atoms with van der Waals surface area (Å²) in [5.74, 6) is 0.279. The third kappa shape index (κ3) is 2.28. The average Bonchev–Trinajstić information content (AvgIpc) is 2.80. The van der Waals surface area contributed by atoms with E-state index in [4.69, 9.17) is 5.11 Å². The Kier molecular flexibility index (Phi) is 3.37. The molecule has 7 heteroatoms. The van der Waals surface area contributed by atoms with Gasteiger partial charge < -0.3 is 5.11 Å². The van der Waals surface area contributed by atoms with Crippen molar-refractivity contribution in [2.24, 2.45) is 0 Å². The van der Waals surface area contributed by atoms with E-state index in [2.05, 4.69) is 29.1 Å². The lowest BCUT2D eigenvalue weighted by Crippen LogP contribution is -2.05. The maximum atomic E-state index is 10.6. The van der Waals surface area contributed by atoms with Gasteiger partial charge in [-0.05, 0) is 12.8 Å². The van der Waals surface area contributed by atoms with Gasteiger partial charge in [0, 0.05) is 5.92 Å². The molecule has 0 unspecified atom stereocenters. The lowest BCUT2D eigenvalue weighted by atomic mass is 10.0. The van der Waals surface area contributed by atoms with Gasteiger partial charge in [0.1, 0.15) is 5.01 Å². The van der Waals surface area contributed by atoms with Crippen molar-refractivity contribution < 1.29 is 9.90 Å². The van der Waals surface area contributed by atoms with E-state index in [1.54, 1.807) is 4.52 Å². The van der Waals surface area contributed by atoms with E-state index in [0.717, 1.165) is 18.7 Å². The zero-order valence-corrected chi connectivity index (χ0v) is 10.6. The minimum atomic E-state index is -0.876. The molecule has 0 bridgehead atoms. The number of hydrogen-bond donors (Lipinski definition) is 1. The number of nitrogens with zero attached hydrogens (tertiary/aromatic N) is 4. The van der Waals surface area contributed by atoms with Crippen LogP contribution in [0, 0.1) is 0 Å². The molecule has 0 spiro atoms. The molecule has 0 saturated carbocycles. The standard InChI is InChI=1S/C10H14N4O2S/c1-3-6(4-2)9-11-12-10-14(9)13-7(17-10)5-8(15)16/h6H,3-5H2,1-2H3,(H,15,16). The molecule has 0 aliphatic carbocycles. The second-order valence-corrected chi connectivity index (χ2v) is 4.87. The molecule has 2 heterocycles. The summed E-state index contributed by atoms with van der Waals surface area (Å²) in [6.45, 7) is 4.19. The first kappa shape index (κ1) is 12.0. The molecule has 2 aromatic rings. The van der Waals surface area contributed by atoms with Crippen molar-refractivity contribution in [2.75, 3.05) is 0 Å². The molecule has 92 valence electrons. The van der Waals surface area contributed by atoms with Gasteiger partial charge in [-0.25, -0.2) is 0 Å². The number of carboxylic acids is 1. The van der Waals surface area contributed by atoms with Crippen molar-refractivity contribution in [3.05, 3.63) is 10.8 Å². The smallest absolute Gasteiger partial charge is 0.310 e. The van der Waals surface area contributed by atoms with E-state index in [-0.39, 0.29) is 6.42 Å². The van der Waals surface area contributed by atoms with Crippen LogP contribution in [0.3, 0.4) is 0 Å². The molecule has 0 radical (unpaired) electrons. The van der Waals surface area contributed by atoms with Gasteiger partial charge in [-0.2, -0.15) is 9.61 Å². The van der Waals surface area contributed by atoms with Gasteiger partial charge in [0.2, 0.25) is 4.96 Å². The number of carbonyl (C=O) groups is 1. The Balaban J connectivity index is 2.38. The summed E-state index contributed by atoms with van der Waals surface area (Å²) in [7, 11) is 0. The van der Waals surface area contributed by atoms with Crippen LogP contribution in [0.15, 0.2) is 0 Å². The fraction of sp³-hybridized carbons (Fsp3) is 0.600. The fourth-order valence-electron chi connectivity index (χ4n) is 1.78. The van der Waals surface area contributed by atoms with E-state index in [1.807, 2.05) is 0 Å². The highest BCUT2D eigenvalue weighted by molar-refractivity contribution is 7.16. The van der Waals surface area contributed by atoms with Crippen LogP contribution in [-0.4, -0.2) is 30.9 Å². The number of aromatic nitrogens is 4. The van der Waals surface area contributed by atoms with Crippen LogP contribution in [0.4, 0.5) is 0 Å². The Bertz CT molecular complexity index is 529. The van der Waals surface area contributed by atoms with Crippen LogP contribution >= 0.6 is 11.3 Å². The predicted octanol–water partition coefficient (Wildman–Crippen LogP) is 1.72. The zero-order chi connectivity index (χ0) is 12.4. The lowest BCUT2D eigenvalue weighted by molar-refractivity contribution is -0.136. The normalized spacial score (nSPS) is 11.5. The van der Waals surface area contributed by atoms with Gasteiger partial charge in [0.15, 0.2) is 5.82 Å². The van der Waals surface area contributed by atoms with Gasteiger partial charge in [0.05, 0.1) is 6.42 Å². The summed E-state index contributed by atoms with van der Waals surface area (Å²) < 4.78 is 1.68. The fourth-order valence-corrected chi connectivity index (χ4v) is 2.61. The molecule has 2 aromatic heterocycles. The molecule has 0 aromatic carbocycles. The van der Waals surface area contributed by atoms with Gasteiger partial charge in [-0.15, -0.1) is 10.2 Å².